The smallest absolute Gasteiger partial charge is 0.255 e. The van der Waals surface area contributed by atoms with E-state index in [1.807, 2.05) is 81.4 Å². The molecule has 0 heterocycles. The summed E-state index contributed by atoms with van der Waals surface area (Å²) in [6.45, 7) is 6.40. The van der Waals surface area contributed by atoms with Crippen LogP contribution in [-0.2, 0) is 4.79 Å². The molecular weight excluding hydrogens is 420 g/mol. The number of anilines is 2. The van der Waals surface area contributed by atoms with Gasteiger partial charge in [0.2, 0.25) is 5.91 Å². The van der Waals surface area contributed by atoms with Crippen LogP contribution in [0.5, 0.6) is 5.75 Å². The molecule has 3 aromatic carbocycles. The number of nitrogens with one attached hydrogen (secondary N) is 2. The van der Waals surface area contributed by atoms with E-state index < -0.39 is 0 Å². The minimum atomic E-state index is -0.285. The minimum absolute atomic E-state index is 0.0845. The SMILES string of the molecule is CCOc1ccccc1NC(=O)C(CC)Sc1cccc(NC(=O)c2ccc(C)cc2)c1. The summed E-state index contributed by atoms with van der Waals surface area (Å²) >= 11 is 1.47. The van der Waals surface area contributed by atoms with Crippen LogP contribution in [0.3, 0.4) is 0 Å². The Labute approximate surface area is 193 Å². The molecule has 0 aliphatic rings. The van der Waals surface area contributed by atoms with Gasteiger partial charge in [0.15, 0.2) is 0 Å². The molecule has 3 rings (SSSR count). The van der Waals surface area contributed by atoms with E-state index in [0.717, 1.165) is 10.5 Å². The molecule has 166 valence electrons. The average molecular weight is 449 g/mol. The normalized spacial score (nSPS) is 11.5. The van der Waals surface area contributed by atoms with Gasteiger partial charge < -0.3 is 15.4 Å². The summed E-state index contributed by atoms with van der Waals surface area (Å²) < 4.78 is 5.60. The number of rotatable bonds is 9. The first kappa shape index (κ1) is 23.4. The summed E-state index contributed by atoms with van der Waals surface area (Å²) in [5, 5.41) is 5.63. The number of benzene rings is 3. The molecule has 5 nitrogen and oxygen atoms in total. The molecule has 0 aromatic heterocycles. The largest absolute Gasteiger partial charge is 0.492 e. The van der Waals surface area contributed by atoms with E-state index >= 15 is 0 Å². The lowest BCUT2D eigenvalue weighted by atomic mass is 10.1. The highest BCUT2D eigenvalue weighted by Crippen LogP contribution is 2.30. The van der Waals surface area contributed by atoms with Crippen molar-refractivity contribution in [2.45, 2.75) is 37.3 Å². The maximum absolute atomic E-state index is 12.9. The van der Waals surface area contributed by atoms with E-state index in [9.17, 15) is 9.59 Å². The number of hydrogen-bond donors (Lipinski definition) is 2. The number of carbonyl (C=O) groups excluding carboxylic acids is 2. The highest BCUT2D eigenvalue weighted by molar-refractivity contribution is 8.00. The van der Waals surface area contributed by atoms with Crippen molar-refractivity contribution in [1.29, 1.82) is 0 Å². The van der Waals surface area contributed by atoms with Gasteiger partial charge in [0.05, 0.1) is 17.5 Å². The fourth-order valence-electron chi connectivity index (χ4n) is 3.11. The standard InChI is InChI=1S/C26H28N2O3S/c1-4-24(26(30)28-22-11-6-7-12-23(22)31-5-2)32-21-10-8-9-20(17-21)27-25(29)19-15-13-18(3)14-16-19/h6-17,24H,4-5H2,1-3H3,(H,27,29)(H,28,30). The monoisotopic (exact) mass is 448 g/mol. The van der Waals surface area contributed by atoms with Crippen molar-refractivity contribution >= 4 is 35.0 Å². The summed E-state index contributed by atoms with van der Waals surface area (Å²) in [4.78, 5) is 26.3. The average Bonchev–Trinajstić information content (AvgIpc) is 2.79. The topological polar surface area (TPSA) is 67.4 Å². The number of thioether (sulfide) groups is 1. The zero-order valence-electron chi connectivity index (χ0n) is 18.6. The van der Waals surface area contributed by atoms with Gasteiger partial charge in [-0.1, -0.05) is 42.8 Å². The Morgan fingerprint density at radius 2 is 1.69 bits per heavy atom. The maximum Gasteiger partial charge on any atom is 0.255 e. The highest BCUT2D eigenvalue weighted by atomic mass is 32.2. The first-order valence-corrected chi connectivity index (χ1v) is 11.6. The highest BCUT2D eigenvalue weighted by Gasteiger charge is 2.19. The van der Waals surface area contributed by atoms with Crippen LogP contribution in [0, 0.1) is 6.92 Å². The van der Waals surface area contributed by atoms with Gasteiger partial charge in [0.1, 0.15) is 5.75 Å². The Morgan fingerprint density at radius 3 is 2.41 bits per heavy atom. The minimum Gasteiger partial charge on any atom is -0.492 e. The predicted molar refractivity (Wildman–Crippen MR) is 132 cm³/mol. The molecular formula is C26H28N2O3S. The lowest BCUT2D eigenvalue weighted by Crippen LogP contribution is -2.24. The van der Waals surface area contributed by atoms with Crippen molar-refractivity contribution in [2.24, 2.45) is 0 Å². The Hall–Kier alpha value is -3.25. The Morgan fingerprint density at radius 1 is 0.938 bits per heavy atom. The molecule has 6 heteroatoms. The van der Waals surface area contributed by atoms with Crippen molar-refractivity contribution in [2.75, 3.05) is 17.2 Å². The first-order chi connectivity index (χ1) is 15.5. The Balaban J connectivity index is 1.67. The van der Waals surface area contributed by atoms with E-state index in [1.165, 1.54) is 11.8 Å². The Kier molecular flexibility index (Phi) is 8.34. The lowest BCUT2D eigenvalue weighted by Gasteiger charge is -2.17. The second kappa shape index (κ2) is 11.4. The fraction of sp³-hybridized carbons (Fsp3) is 0.231. The second-order valence-electron chi connectivity index (χ2n) is 7.28. The van der Waals surface area contributed by atoms with Gasteiger partial charge in [-0.05, 0) is 62.7 Å². The lowest BCUT2D eigenvalue weighted by molar-refractivity contribution is -0.115. The van der Waals surface area contributed by atoms with Gasteiger partial charge in [-0.25, -0.2) is 0 Å². The van der Waals surface area contributed by atoms with Crippen molar-refractivity contribution in [3.05, 3.63) is 83.9 Å². The van der Waals surface area contributed by atoms with Crippen LogP contribution in [0.4, 0.5) is 11.4 Å². The third-order valence-electron chi connectivity index (χ3n) is 4.79. The van der Waals surface area contributed by atoms with Gasteiger partial charge in [-0.15, -0.1) is 11.8 Å². The van der Waals surface area contributed by atoms with E-state index in [1.54, 1.807) is 12.1 Å². The van der Waals surface area contributed by atoms with E-state index in [4.69, 9.17) is 4.74 Å². The summed E-state index contributed by atoms with van der Waals surface area (Å²) in [7, 11) is 0. The van der Waals surface area contributed by atoms with E-state index in [0.29, 0.717) is 35.7 Å². The molecule has 0 aliphatic heterocycles. The molecule has 0 saturated heterocycles. The van der Waals surface area contributed by atoms with Crippen LogP contribution in [0.1, 0.15) is 36.2 Å². The molecule has 1 unspecified atom stereocenters. The zero-order chi connectivity index (χ0) is 22.9. The molecule has 2 amide bonds. The van der Waals surface area contributed by atoms with Gasteiger partial charge in [0, 0.05) is 16.1 Å². The number of para-hydroxylation sites is 2. The fourth-order valence-corrected chi connectivity index (χ4v) is 4.12. The third-order valence-corrected chi connectivity index (χ3v) is 6.15. The maximum atomic E-state index is 12.9. The molecule has 0 bridgehead atoms. The van der Waals surface area contributed by atoms with Gasteiger partial charge in [-0.2, -0.15) is 0 Å². The summed E-state index contributed by atoms with van der Waals surface area (Å²) in [6, 6.07) is 22.4. The van der Waals surface area contributed by atoms with Crippen LogP contribution in [0.25, 0.3) is 0 Å². The van der Waals surface area contributed by atoms with Crippen molar-refractivity contribution in [3.63, 3.8) is 0 Å². The first-order valence-electron chi connectivity index (χ1n) is 10.7. The van der Waals surface area contributed by atoms with Crippen LogP contribution in [-0.4, -0.2) is 23.7 Å². The molecule has 0 saturated carbocycles. The van der Waals surface area contributed by atoms with E-state index in [-0.39, 0.29) is 17.1 Å². The molecule has 0 aliphatic carbocycles. The van der Waals surface area contributed by atoms with E-state index in [2.05, 4.69) is 10.6 Å². The summed E-state index contributed by atoms with van der Waals surface area (Å²) in [5.41, 5.74) is 3.06. The number of amides is 2. The predicted octanol–water partition coefficient (Wildman–Crippen LogP) is 6.16. The van der Waals surface area contributed by atoms with Crippen LogP contribution in [0.2, 0.25) is 0 Å². The molecule has 2 N–H and O–H groups in total. The van der Waals surface area contributed by atoms with Crippen LogP contribution >= 0.6 is 11.8 Å². The molecule has 0 spiro atoms. The molecule has 1 atom stereocenters. The van der Waals surface area contributed by atoms with Crippen LogP contribution < -0.4 is 15.4 Å². The Bertz CT molecular complexity index is 1070. The molecule has 0 radical (unpaired) electrons. The second-order valence-corrected chi connectivity index (χ2v) is 8.56. The van der Waals surface area contributed by atoms with Gasteiger partial charge in [-0.3, -0.25) is 9.59 Å². The summed E-state index contributed by atoms with van der Waals surface area (Å²) in [6.07, 6.45) is 0.660. The quantitative estimate of drug-likeness (QED) is 0.385. The number of hydrogen-bond acceptors (Lipinski definition) is 4. The van der Waals surface area contributed by atoms with Gasteiger partial charge >= 0.3 is 0 Å². The number of aryl methyl sites for hydroxylation is 1. The molecule has 3 aromatic rings. The zero-order valence-corrected chi connectivity index (χ0v) is 19.4. The molecule has 0 fully saturated rings. The van der Waals surface area contributed by atoms with Gasteiger partial charge in [0.25, 0.3) is 5.91 Å². The number of ether oxygens (including phenoxy) is 1. The molecule has 32 heavy (non-hydrogen) atoms. The number of carbonyl (C=O) groups is 2. The summed E-state index contributed by atoms with van der Waals surface area (Å²) in [5.74, 6) is 0.409. The van der Waals surface area contributed by atoms with Crippen molar-refractivity contribution in [3.8, 4) is 5.75 Å². The van der Waals surface area contributed by atoms with Crippen molar-refractivity contribution < 1.29 is 14.3 Å². The van der Waals surface area contributed by atoms with Crippen LogP contribution in [0.15, 0.2) is 77.7 Å². The van der Waals surface area contributed by atoms with Crippen molar-refractivity contribution in [1.82, 2.24) is 0 Å². The third kappa shape index (κ3) is 6.37.